The van der Waals surface area contributed by atoms with Crippen LogP contribution in [0.4, 0.5) is 0 Å². The molecule has 0 saturated carbocycles. The first kappa shape index (κ1) is 22.2. The van der Waals surface area contributed by atoms with Crippen LogP contribution < -0.4 is 14.2 Å². The molecule has 0 aromatic heterocycles. The van der Waals surface area contributed by atoms with Crippen LogP contribution in [0, 0.1) is 0 Å². The van der Waals surface area contributed by atoms with E-state index in [9.17, 15) is 14.7 Å². The van der Waals surface area contributed by atoms with Crippen molar-refractivity contribution in [3.05, 3.63) is 59.2 Å². The van der Waals surface area contributed by atoms with E-state index in [-0.39, 0.29) is 30.0 Å². The average molecular weight is 427 g/mol. The maximum absolute atomic E-state index is 13.1. The third-order valence-corrected chi connectivity index (χ3v) is 5.17. The third-order valence-electron chi connectivity index (χ3n) is 5.17. The second kappa shape index (κ2) is 9.53. The number of hydrogen-bond donors (Lipinski definition) is 1. The molecule has 8 heteroatoms. The first-order valence-electron chi connectivity index (χ1n) is 9.61. The molecule has 1 amide bonds. The van der Waals surface area contributed by atoms with Gasteiger partial charge in [-0.2, -0.15) is 0 Å². The number of aliphatic hydroxyl groups excluding tert-OH is 1. The van der Waals surface area contributed by atoms with E-state index in [1.165, 1.54) is 33.3 Å². The van der Waals surface area contributed by atoms with Gasteiger partial charge in [0.2, 0.25) is 0 Å². The van der Waals surface area contributed by atoms with Gasteiger partial charge in [0, 0.05) is 19.2 Å². The predicted molar refractivity (Wildman–Crippen MR) is 113 cm³/mol. The molecule has 1 aliphatic rings. The van der Waals surface area contributed by atoms with Crippen molar-refractivity contribution >= 4 is 17.4 Å². The summed E-state index contributed by atoms with van der Waals surface area (Å²) in [5.41, 5.74) is 0.682. The predicted octanol–water partition coefficient (Wildman–Crippen LogP) is 2.78. The maximum Gasteiger partial charge on any atom is 0.295 e. The van der Waals surface area contributed by atoms with Crippen molar-refractivity contribution in [2.45, 2.75) is 6.04 Å². The molecule has 0 spiro atoms. The normalized spacial score (nSPS) is 17.7. The highest BCUT2D eigenvalue weighted by molar-refractivity contribution is 6.46. The number of Topliss-reactive ketones (excluding diaryl/α,β-unsaturated/α-hetero) is 1. The SMILES string of the molecule is COCCN1C(=O)C(=O)/C(=C(/O)c2c(OC)cccc2OC)C1c1ccccc1OC. The molecule has 0 aliphatic carbocycles. The summed E-state index contributed by atoms with van der Waals surface area (Å²) < 4.78 is 21.4. The fourth-order valence-corrected chi connectivity index (χ4v) is 3.74. The van der Waals surface area contributed by atoms with Crippen molar-refractivity contribution in [1.29, 1.82) is 0 Å². The number of rotatable bonds is 8. The van der Waals surface area contributed by atoms with E-state index in [0.29, 0.717) is 22.8 Å². The van der Waals surface area contributed by atoms with Crippen LogP contribution in [0.2, 0.25) is 0 Å². The summed E-state index contributed by atoms with van der Waals surface area (Å²) in [7, 11) is 5.90. The standard InChI is InChI=1S/C23H25NO7/c1-28-13-12-24-20(14-8-5-6-9-15(14)29-2)19(22(26)23(24)27)21(25)18-16(30-3)10-7-11-17(18)31-4/h5-11,20,25H,12-13H2,1-4H3/b21-19+. The maximum atomic E-state index is 13.1. The minimum atomic E-state index is -0.874. The lowest BCUT2D eigenvalue weighted by Crippen LogP contribution is -2.32. The molecule has 1 unspecified atom stereocenters. The number of nitrogens with zero attached hydrogens (tertiary/aromatic N) is 1. The zero-order valence-corrected chi connectivity index (χ0v) is 17.9. The second-order valence-electron chi connectivity index (χ2n) is 6.76. The molecule has 1 saturated heterocycles. The number of carbonyl (C=O) groups is 2. The molecule has 1 aliphatic heterocycles. The number of hydrogen-bond acceptors (Lipinski definition) is 7. The van der Waals surface area contributed by atoms with E-state index in [2.05, 4.69) is 0 Å². The number of methoxy groups -OCH3 is 4. The summed E-state index contributed by atoms with van der Waals surface area (Å²) in [5.74, 6) is -0.837. The van der Waals surface area contributed by atoms with E-state index in [1.54, 1.807) is 42.5 Å². The Hall–Kier alpha value is -3.52. The lowest BCUT2D eigenvalue weighted by Gasteiger charge is -2.26. The van der Waals surface area contributed by atoms with Crippen molar-refractivity contribution in [3.63, 3.8) is 0 Å². The number of ketones is 1. The Kier molecular flexibility index (Phi) is 6.81. The monoisotopic (exact) mass is 427 g/mol. The Morgan fingerprint density at radius 3 is 2.06 bits per heavy atom. The van der Waals surface area contributed by atoms with Gasteiger partial charge in [-0.25, -0.2) is 0 Å². The number of ether oxygens (including phenoxy) is 4. The fourth-order valence-electron chi connectivity index (χ4n) is 3.74. The van der Waals surface area contributed by atoms with Crippen molar-refractivity contribution in [2.24, 2.45) is 0 Å². The van der Waals surface area contributed by atoms with Gasteiger partial charge in [0.05, 0.1) is 39.6 Å². The molecular weight excluding hydrogens is 402 g/mol. The Balaban J connectivity index is 2.30. The number of para-hydroxylation sites is 1. The number of amides is 1. The quantitative estimate of drug-likeness (QED) is 0.393. The first-order valence-corrected chi connectivity index (χ1v) is 9.61. The van der Waals surface area contributed by atoms with E-state index in [1.807, 2.05) is 0 Å². The summed E-state index contributed by atoms with van der Waals surface area (Å²) in [6.45, 7) is 0.375. The zero-order valence-electron chi connectivity index (χ0n) is 17.9. The van der Waals surface area contributed by atoms with Crippen molar-refractivity contribution in [1.82, 2.24) is 4.90 Å². The number of benzene rings is 2. The molecule has 0 radical (unpaired) electrons. The Bertz CT molecular complexity index is 992. The third kappa shape index (κ3) is 3.94. The second-order valence-corrected chi connectivity index (χ2v) is 6.76. The minimum Gasteiger partial charge on any atom is -0.506 e. The van der Waals surface area contributed by atoms with E-state index in [0.717, 1.165) is 0 Å². The summed E-state index contributed by atoms with van der Waals surface area (Å²) in [6, 6.07) is 11.1. The molecular formula is C23H25NO7. The molecule has 2 aromatic rings. The molecule has 164 valence electrons. The van der Waals surface area contributed by atoms with E-state index >= 15 is 0 Å². The number of likely N-dealkylation sites (tertiary alicyclic amines) is 1. The van der Waals surface area contributed by atoms with Gasteiger partial charge in [-0.05, 0) is 18.2 Å². The summed E-state index contributed by atoms with van der Waals surface area (Å²) in [4.78, 5) is 27.4. The lowest BCUT2D eigenvalue weighted by atomic mass is 9.94. The van der Waals surface area contributed by atoms with Crippen LogP contribution in [0.3, 0.4) is 0 Å². The molecule has 1 heterocycles. The van der Waals surface area contributed by atoms with Gasteiger partial charge in [0.15, 0.2) is 0 Å². The molecule has 8 nitrogen and oxygen atoms in total. The molecule has 2 aromatic carbocycles. The highest BCUT2D eigenvalue weighted by Crippen LogP contribution is 2.45. The van der Waals surface area contributed by atoms with Gasteiger partial charge in [0.25, 0.3) is 11.7 Å². The van der Waals surface area contributed by atoms with Crippen molar-refractivity contribution in [3.8, 4) is 17.2 Å². The molecule has 1 atom stereocenters. The topological polar surface area (TPSA) is 94.5 Å². The van der Waals surface area contributed by atoms with Gasteiger partial charge < -0.3 is 29.0 Å². The van der Waals surface area contributed by atoms with Crippen LogP contribution in [0.25, 0.3) is 5.76 Å². The van der Waals surface area contributed by atoms with Gasteiger partial charge in [-0.15, -0.1) is 0 Å². The Labute approximate surface area is 180 Å². The smallest absolute Gasteiger partial charge is 0.295 e. The number of aliphatic hydroxyl groups is 1. The van der Waals surface area contributed by atoms with Crippen LogP contribution in [0.15, 0.2) is 48.0 Å². The van der Waals surface area contributed by atoms with Crippen LogP contribution in [-0.4, -0.2) is 63.3 Å². The van der Waals surface area contributed by atoms with E-state index in [4.69, 9.17) is 18.9 Å². The molecule has 1 N–H and O–H groups in total. The van der Waals surface area contributed by atoms with Crippen LogP contribution in [-0.2, 0) is 14.3 Å². The molecule has 1 fully saturated rings. The van der Waals surface area contributed by atoms with Crippen LogP contribution in [0.1, 0.15) is 17.2 Å². The van der Waals surface area contributed by atoms with Crippen LogP contribution >= 0.6 is 0 Å². The summed E-state index contributed by atoms with van der Waals surface area (Å²) in [6.07, 6.45) is 0. The van der Waals surface area contributed by atoms with Crippen LogP contribution in [0.5, 0.6) is 17.2 Å². The van der Waals surface area contributed by atoms with E-state index < -0.39 is 17.7 Å². The van der Waals surface area contributed by atoms with Gasteiger partial charge in [-0.1, -0.05) is 24.3 Å². The van der Waals surface area contributed by atoms with Gasteiger partial charge in [-0.3, -0.25) is 9.59 Å². The van der Waals surface area contributed by atoms with Gasteiger partial charge in [0.1, 0.15) is 28.6 Å². The first-order chi connectivity index (χ1) is 15.0. The van der Waals surface area contributed by atoms with Gasteiger partial charge >= 0.3 is 0 Å². The Morgan fingerprint density at radius 2 is 1.48 bits per heavy atom. The largest absolute Gasteiger partial charge is 0.506 e. The van der Waals surface area contributed by atoms with Crippen molar-refractivity contribution in [2.75, 3.05) is 41.6 Å². The molecule has 31 heavy (non-hydrogen) atoms. The zero-order chi connectivity index (χ0) is 22.5. The molecule has 3 rings (SSSR count). The fraction of sp³-hybridized carbons (Fsp3) is 0.304. The average Bonchev–Trinajstić information content (AvgIpc) is 3.06. The summed E-state index contributed by atoms with van der Waals surface area (Å²) >= 11 is 0. The highest BCUT2D eigenvalue weighted by atomic mass is 16.5. The minimum absolute atomic E-state index is 0.0756. The number of carbonyl (C=O) groups excluding carboxylic acids is 2. The Morgan fingerprint density at radius 1 is 0.903 bits per heavy atom. The highest BCUT2D eigenvalue weighted by Gasteiger charge is 2.47. The lowest BCUT2D eigenvalue weighted by molar-refractivity contribution is -0.140. The summed E-state index contributed by atoms with van der Waals surface area (Å²) in [5, 5.41) is 11.3. The van der Waals surface area contributed by atoms with Crippen molar-refractivity contribution < 1.29 is 33.6 Å². The molecule has 0 bridgehead atoms.